The maximum atomic E-state index is 5.52. The predicted molar refractivity (Wildman–Crippen MR) is 64.8 cm³/mol. The molecule has 15 heavy (non-hydrogen) atoms. The first-order chi connectivity index (χ1) is 7.40. The van der Waals surface area contributed by atoms with Gasteiger partial charge in [-0.3, -0.25) is 0 Å². The highest BCUT2D eigenvalue weighted by Crippen LogP contribution is 2.25. The third-order valence-corrected chi connectivity index (χ3v) is 3.50. The molecule has 0 aromatic carbocycles. The molecule has 1 aromatic heterocycles. The van der Waals surface area contributed by atoms with Crippen LogP contribution in [-0.4, -0.2) is 29.1 Å². The molecule has 1 aliphatic rings. The van der Waals surface area contributed by atoms with Crippen LogP contribution in [0.15, 0.2) is 18.3 Å². The Labute approximate surface area is 94.6 Å². The maximum Gasteiger partial charge on any atom is 0.168 e. The first kappa shape index (κ1) is 10.6. The summed E-state index contributed by atoms with van der Waals surface area (Å²) in [6.45, 7) is 2.67. The van der Waals surface area contributed by atoms with Crippen LogP contribution in [0.5, 0.6) is 5.75 Å². The van der Waals surface area contributed by atoms with Crippen LogP contribution in [0, 0.1) is 0 Å². The summed E-state index contributed by atoms with van der Waals surface area (Å²) >= 11 is 1.99. The minimum Gasteiger partial charge on any atom is -0.490 e. The van der Waals surface area contributed by atoms with Crippen molar-refractivity contribution in [3.8, 4) is 5.75 Å². The third kappa shape index (κ3) is 2.78. The van der Waals surface area contributed by atoms with Crippen molar-refractivity contribution in [3.05, 3.63) is 18.3 Å². The molecule has 2 heterocycles. The molecule has 2 rings (SSSR count). The monoisotopic (exact) mass is 224 g/mol. The van der Waals surface area contributed by atoms with Crippen LogP contribution in [-0.2, 0) is 0 Å². The highest BCUT2D eigenvalue weighted by molar-refractivity contribution is 7.99. The minimum absolute atomic E-state index is 0.545. The number of pyridine rings is 1. The lowest BCUT2D eigenvalue weighted by Crippen LogP contribution is -2.19. The van der Waals surface area contributed by atoms with Crippen LogP contribution in [0.1, 0.15) is 13.3 Å². The quantitative estimate of drug-likeness (QED) is 0.851. The van der Waals surface area contributed by atoms with Gasteiger partial charge in [-0.1, -0.05) is 0 Å². The summed E-state index contributed by atoms with van der Waals surface area (Å²) in [4.78, 5) is 4.32. The zero-order valence-corrected chi connectivity index (χ0v) is 9.72. The molecule has 1 aliphatic heterocycles. The Balaban J connectivity index is 2.05. The molecule has 0 aliphatic carbocycles. The van der Waals surface area contributed by atoms with Crippen molar-refractivity contribution in [3.63, 3.8) is 0 Å². The van der Waals surface area contributed by atoms with E-state index < -0.39 is 0 Å². The average molecular weight is 224 g/mol. The summed E-state index contributed by atoms with van der Waals surface area (Å²) < 4.78 is 5.52. The van der Waals surface area contributed by atoms with E-state index in [2.05, 4.69) is 10.3 Å². The molecule has 1 unspecified atom stereocenters. The van der Waals surface area contributed by atoms with Gasteiger partial charge in [-0.25, -0.2) is 4.98 Å². The number of ether oxygens (including phenoxy) is 1. The number of rotatable bonds is 4. The largest absolute Gasteiger partial charge is 0.490 e. The highest BCUT2D eigenvalue weighted by atomic mass is 32.2. The molecule has 0 radical (unpaired) electrons. The molecule has 1 fully saturated rings. The van der Waals surface area contributed by atoms with E-state index in [1.165, 1.54) is 17.9 Å². The van der Waals surface area contributed by atoms with Crippen molar-refractivity contribution >= 4 is 17.6 Å². The van der Waals surface area contributed by atoms with Gasteiger partial charge in [-0.15, -0.1) is 0 Å². The van der Waals surface area contributed by atoms with Gasteiger partial charge in [-0.05, 0) is 31.2 Å². The summed E-state index contributed by atoms with van der Waals surface area (Å²) in [6.07, 6.45) is 3.01. The summed E-state index contributed by atoms with van der Waals surface area (Å²) in [6, 6.07) is 4.41. The Morgan fingerprint density at radius 3 is 3.33 bits per heavy atom. The van der Waals surface area contributed by atoms with Gasteiger partial charge in [0.15, 0.2) is 11.6 Å². The van der Waals surface area contributed by atoms with Crippen molar-refractivity contribution < 1.29 is 4.74 Å². The SMILES string of the molecule is CCOc1cccnc1NC1CCSC1. The smallest absolute Gasteiger partial charge is 0.168 e. The van der Waals surface area contributed by atoms with E-state index in [4.69, 9.17) is 4.74 Å². The number of anilines is 1. The summed E-state index contributed by atoms with van der Waals surface area (Å²) in [7, 11) is 0. The standard InChI is InChI=1S/C11H16N2OS/c1-2-14-10-4-3-6-12-11(10)13-9-5-7-15-8-9/h3-4,6,9H,2,5,7-8H2,1H3,(H,12,13). The zero-order valence-electron chi connectivity index (χ0n) is 8.90. The van der Waals surface area contributed by atoms with Gasteiger partial charge < -0.3 is 10.1 Å². The molecule has 1 aromatic rings. The van der Waals surface area contributed by atoms with E-state index in [9.17, 15) is 0 Å². The number of thioether (sulfide) groups is 1. The number of nitrogens with one attached hydrogen (secondary N) is 1. The molecule has 0 spiro atoms. The Hall–Kier alpha value is -0.900. The molecule has 3 nitrogen and oxygen atoms in total. The lowest BCUT2D eigenvalue weighted by molar-refractivity contribution is 0.340. The zero-order chi connectivity index (χ0) is 10.5. The van der Waals surface area contributed by atoms with E-state index in [-0.39, 0.29) is 0 Å². The van der Waals surface area contributed by atoms with Gasteiger partial charge in [0.05, 0.1) is 6.61 Å². The summed E-state index contributed by atoms with van der Waals surface area (Å²) in [5.74, 6) is 4.15. The molecule has 1 atom stereocenters. The Morgan fingerprint density at radius 2 is 2.60 bits per heavy atom. The lowest BCUT2D eigenvalue weighted by Gasteiger charge is -2.15. The second-order valence-corrected chi connectivity index (χ2v) is 4.64. The van der Waals surface area contributed by atoms with Gasteiger partial charge >= 0.3 is 0 Å². The van der Waals surface area contributed by atoms with E-state index in [0.29, 0.717) is 12.6 Å². The number of hydrogen-bond acceptors (Lipinski definition) is 4. The molecule has 1 saturated heterocycles. The molecule has 82 valence electrons. The van der Waals surface area contributed by atoms with Gasteiger partial charge in [0.1, 0.15) is 0 Å². The molecule has 4 heteroatoms. The van der Waals surface area contributed by atoms with Crippen molar-refractivity contribution in [1.29, 1.82) is 0 Å². The van der Waals surface area contributed by atoms with Gasteiger partial charge in [-0.2, -0.15) is 11.8 Å². The first-order valence-electron chi connectivity index (χ1n) is 5.32. The fourth-order valence-electron chi connectivity index (χ4n) is 1.61. The second-order valence-electron chi connectivity index (χ2n) is 3.49. The van der Waals surface area contributed by atoms with Crippen LogP contribution >= 0.6 is 11.8 Å². The van der Waals surface area contributed by atoms with Crippen LogP contribution in [0.3, 0.4) is 0 Å². The minimum atomic E-state index is 0.545. The van der Waals surface area contributed by atoms with E-state index in [1.54, 1.807) is 6.20 Å². The van der Waals surface area contributed by atoms with Crippen molar-refractivity contribution in [2.75, 3.05) is 23.4 Å². The van der Waals surface area contributed by atoms with Crippen LogP contribution in [0.25, 0.3) is 0 Å². The molecule has 0 saturated carbocycles. The summed E-state index contributed by atoms with van der Waals surface area (Å²) in [5, 5.41) is 3.44. The average Bonchev–Trinajstić information content (AvgIpc) is 2.74. The second kappa shape index (κ2) is 5.26. The van der Waals surface area contributed by atoms with Crippen LogP contribution in [0.4, 0.5) is 5.82 Å². The maximum absolute atomic E-state index is 5.52. The molecule has 0 bridgehead atoms. The molecule has 1 N–H and O–H groups in total. The fourth-order valence-corrected chi connectivity index (χ4v) is 2.76. The van der Waals surface area contributed by atoms with Crippen molar-refractivity contribution in [2.24, 2.45) is 0 Å². The topological polar surface area (TPSA) is 34.1 Å². The number of hydrogen-bond donors (Lipinski definition) is 1. The molecular weight excluding hydrogens is 208 g/mol. The lowest BCUT2D eigenvalue weighted by atomic mass is 10.2. The van der Waals surface area contributed by atoms with Crippen LogP contribution < -0.4 is 10.1 Å². The normalized spacial score (nSPS) is 20.2. The Morgan fingerprint density at radius 1 is 1.67 bits per heavy atom. The predicted octanol–water partition coefficient (Wildman–Crippen LogP) is 2.40. The van der Waals surface area contributed by atoms with Crippen LogP contribution in [0.2, 0.25) is 0 Å². The number of nitrogens with zero attached hydrogens (tertiary/aromatic N) is 1. The Kier molecular flexibility index (Phi) is 3.72. The van der Waals surface area contributed by atoms with Gasteiger partial charge in [0, 0.05) is 18.0 Å². The third-order valence-electron chi connectivity index (χ3n) is 2.34. The van der Waals surface area contributed by atoms with Gasteiger partial charge in [0.2, 0.25) is 0 Å². The summed E-state index contributed by atoms with van der Waals surface area (Å²) in [5.41, 5.74) is 0. The van der Waals surface area contributed by atoms with Crippen molar-refractivity contribution in [1.82, 2.24) is 4.98 Å². The molecular formula is C11H16N2OS. The fraction of sp³-hybridized carbons (Fsp3) is 0.545. The van der Waals surface area contributed by atoms with E-state index in [0.717, 1.165) is 11.6 Å². The first-order valence-corrected chi connectivity index (χ1v) is 6.47. The van der Waals surface area contributed by atoms with E-state index in [1.807, 2.05) is 30.8 Å². The molecule has 0 amide bonds. The number of aromatic nitrogens is 1. The Bertz CT molecular complexity index is 313. The van der Waals surface area contributed by atoms with Crippen molar-refractivity contribution in [2.45, 2.75) is 19.4 Å². The highest BCUT2D eigenvalue weighted by Gasteiger charge is 2.17. The van der Waals surface area contributed by atoms with Gasteiger partial charge in [0.25, 0.3) is 0 Å². The van der Waals surface area contributed by atoms with E-state index >= 15 is 0 Å².